The van der Waals surface area contributed by atoms with Crippen LogP contribution in [0.3, 0.4) is 0 Å². The Labute approximate surface area is 100 Å². The van der Waals surface area contributed by atoms with Crippen LogP contribution in [0.25, 0.3) is 0 Å². The van der Waals surface area contributed by atoms with Gasteiger partial charge in [0.25, 0.3) is 0 Å². The Kier molecular flexibility index (Phi) is 4.54. The standard InChI is InChI=1S/C14H27NO/c1-5-14(8-10-15-11-9-14)12(16)6-7-13(2,3)4/h15H,5-11H2,1-4H3. The molecule has 0 bridgehead atoms. The number of Topliss-reactive ketones (excluding diaryl/α,β-unsaturated/α-hetero) is 1. The van der Waals surface area contributed by atoms with Gasteiger partial charge in [-0.15, -0.1) is 0 Å². The lowest BCUT2D eigenvalue weighted by Gasteiger charge is -2.36. The second-order valence-corrected chi connectivity index (χ2v) is 6.37. The van der Waals surface area contributed by atoms with Gasteiger partial charge in [-0.25, -0.2) is 0 Å². The minimum atomic E-state index is -0.00347. The Morgan fingerprint density at radius 3 is 2.25 bits per heavy atom. The van der Waals surface area contributed by atoms with Crippen LogP contribution in [0.4, 0.5) is 0 Å². The van der Waals surface area contributed by atoms with Crippen molar-refractivity contribution in [3.05, 3.63) is 0 Å². The number of carbonyl (C=O) groups excluding carboxylic acids is 1. The van der Waals surface area contributed by atoms with Crippen LogP contribution >= 0.6 is 0 Å². The van der Waals surface area contributed by atoms with Gasteiger partial charge in [0.1, 0.15) is 5.78 Å². The zero-order valence-corrected chi connectivity index (χ0v) is 11.4. The van der Waals surface area contributed by atoms with Gasteiger partial charge in [0.15, 0.2) is 0 Å². The monoisotopic (exact) mass is 225 g/mol. The number of carbonyl (C=O) groups is 1. The highest BCUT2D eigenvalue weighted by Crippen LogP contribution is 2.36. The number of ketones is 1. The Bertz CT molecular complexity index is 234. The molecule has 0 amide bonds. The summed E-state index contributed by atoms with van der Waals surface area (Å²) in [6, 6.07) is 0. The van der Waals surface area contributed by atoms with E-state index in [-0.39, 0.29) is 10.8 Å². The number of piperidine rings is 1. The maximum atomic E-state index is 12.4. The van der Waals surface area contributed by atoms with Gasteiger partial charge in [0, 0.05) is 11.8 Å². The van der Waals surface area contributed by atoms with Crippen molar-refractivity contribution in [2.75, 3.05) is 13.1 Å². The van der Waals surface area contributed by atoms with E-state index in [9.17, 15) is 4.79 Å². The van der Waals surface area contributed by atoms with Crippen molar-refractivity contribution in [3.63, 3.8) is 0 Å². The molecule has 94 valence electrons. The topological polar surface area (TPSA) is 29.1 Å². The highest BCUT2D eigenvalue weighted by Gasteiger charge is 2.37. The molecule has 0 aromatic heterocycles. The van der Waals surface area contributed by atoms with Gasteiger partial charge in [-0.2, -0.15) is 0 Å². The molecule has 1 aliphatic rings. The summed E-state index contributed by atoms with van der Waals surface area (Å²) < 4.78 is 0. The third kappa shape index (κ3) is 3.58. The molecule has 0 spiro atoms. The molecule has 0 atom stereocenters. The lowest BCUT2D eigenvalue weighted by Crippen LogP contribution is -2.42. The maximum Gasteiger partial charge on any atom is 0.139 e. The normalized spacial score (nSPS) is 20.8. The van der Waals surface area contributed by atoms with Crippen LogP contribution < -0.4 is 5.32 Å². The molecule has 1 aliphatic heterocycles. The molecule has 2 nitrogen and oxygen atoms in total. The minimum absolute atomic E-state index is 0.00347. The molecular weight excluding hydrogens is 198 g/mol. The molecule has 0 saturated carbocycles. The van der Waals surface area contributed by atoms with Crippen molar-refractivity contribution in [1.82, 2.24) is 5.32 Å². The molecule has 1 rings (SSSR count). The first-order valence-corrected chi connectivity index (χ1v) is 6.64. The van der Waals surface area contributed by atoms with Gasteiger partial charge in [-0.05, 0) is 44.2 Å². The largest absolute Gasteiger partial charge is 0.317 e. The van der Waals surface area contributed by atoms with E-state index in [0.29, 0.717) is 5.78 Å². The van der Waals surface area contributed by atoms with Gasteiger partial charge < -0.3 is 5.32 Å². The smallest absolute Gasteiger partial charge is 0.139 e. The molecule has 0 unspecified atom stereocenters. The highest BCUT2D eigenvalue weighted by atomic mass is 16.1. The summed E-state index contributed by atoms with van der Waals surface area (Å²) in [5, 5.41) is 3.35. The van der Waals surface area contributed by atoms with Gasteiger partial charge in [0.05, 0.1) is 0 Å². The quantitative estimate of drug-likeness (QED) is 0.796. The molecule has 0 aromatic rings. The third-order valence-corrected chi connectivity index (χ3v) is 3.93. The van der Waals surface area contributed by atoms with Crippen LogP contribution in [0, 0.1) is 10.8 Å². The van der Waals surface area contributed by atoms with E-state index in [4.69, 9.17) is 0 Å². The predicted molar refractivity (Wildman–Crippen MR) is 68.5 cm³/mol. The molecule has 0 aliphatic carbocycles. The zero-order chi connectivity index (χ0) is 12.2. The van der Waals surface area contributed by atoms with Crippen molar-refractivity contribution in [2.24, 2.45) is 10.8 Å². The van der Waals surface area contributed by atoms with Crippen molar-refractivity contribution in [2.45, 2.75) is 59.8 Å². The van der Waals surface area contributed by atoms with Crippen LogP contribution in [0.2, 0.25) is 0 Å². The molecule has 1 saturated heterocycles. The fourth-order valence-corrected chi connectivity index (χ4v) is 2.49. The SMILES string of the molecule is CCC1(C(=O)CCC(C)(C)C)CCNCC1. The van der Waals surface area contributed by atoms with Crippen LogP contribution in [0.1, 0.15) is 59.8 Å². The first-order valence-electron chi connectivity index (χ1n) is 6.64. The van der Waals surface area contributed by atoms with Crippen LogP contribution in [0.5, 0.6) is 0 Å². The Balaban J connectivity index is 2.55. The van der Waals surface area contributed by atoms with Crippen LogP contribution in [0.15, 0.2) is 0 Å². The summed E-state index contributed by atoms with van der Waals surface area (Å²) in [4.78, 5) is 12.4. The Morgan fingerprint density at radius 2 is 1.81 bits per heavy atom. The Morgan fingerprint density at radius 1 is 1.25 bits per heavy atom. The summed E-state index contributed by atoms with van der Waals surface area (Å²) in [5.41, 5.74) is 0.272. The molecule has 0 radical (unpaired) electrons. The van der Waals surface area contributed by atoms with E-state index in [1.807, 2.05) is 0 Å². The van der Waals surface area contributed by atoms with Crippen LogP contribution in [-0.2, 0) is 4.79 Å². The number of rotatable bonds is 4. The highest BCUT2D eigenvalue weighted by molar-refractivity contribution is 5.84. The summed E-state index contributed by atoms with van der Waals surface area (Å²) in [6.07, 6.45) is 4.86. The molecule has 1 fully saturated rings. The summed E-state index contributed by atoms with van der Waals surface area (Å²) in [6.45, 7) is 10.8. The van der Waals surface area contributed by atoms with Gasteiger partial charge in [0.2, 0.25) is 0 Å². The molecule has 1 N–H and O–H groups in total. The van der Waals surface area contributed by atoms with E-state index < -0.39 is 0 Å². The fourth-order valence-electron chi connectivity index (χ4n) is 2.49. The average molecular weight is 225 g/mol. The maximum absolute atomic E-state index is 12.4. The van der Waals surface area contributed by atoms with Crippen molar-refractivity contribution < 1.29 is 4.79 Å². The second kappa shape index (κ2) is 5.31. The average Bonchev–Trinajstić information content (AvgIpc) is 2.25. The first-order chi connectivity index (χ1) is 7.40. The third-order valence-electron chi connectivity index (χ3n) is 3.93. The van der Waals surface area contributed by atoms with Crippen molar-refractivity contribution >= 4 is 5.78 Å². The summed E-state index contributed by atoms with van der Waals surface area (Å²) >= 11 is 0. The molecule has 1 heterocycles. The lowest BCUT2D eigenvalue weighted by molar-refractivity contribution is -0.131. The Hall–Kier alpha value is -0.370. The van der Waals surface area contributed by atoms with Crippen LogP contribution in [-0.4, -0.2) is 18.9 Å². The van der Waals surface area contributed by atoms with E-state index in [2.05, 4.69) is 33.0 Å². The first kappa shape index (κ1) is 13.7. The van der Waals surface area contributed by atoms with E-state index in [0.717, 1.165) is 45.2 Å². The predicted octanol–water partition coefficient (Wildman–Crippen LogP) is 3.16. The number of nitrogens with one attached hydrogen (secondary N) is 1. The molecule has 16 heavy (non-hydrogen) atoms. The van der Waals surface area contributed by atoms with Crippen molar-refractivity contribution in [3.8, 4) is 0 Å². The van der Waals surface area contributed by atoms with Gasteiger partial charge >= 0.3 is 0 Å². The molecule has 0 aromatic carbocycles. The number of hydrogen-bond acceptors (Lipinski definition) is 2. The summed E-state index contributed by atoms with van der Waals surface area (Å²) in [7, 11) is 0. The van der Waals surface area contributed by atoms with Gasteiger partial charge in [-0.1, -0.05) is 27.7 Å². The number of hydrogen-bond donors (Lipinski definition) is 1. The van der Waals surface area contributed by atoms with Crippen molar-refractivity contribution in [1.29, 1.82) is 0 Å². The van der Waals surface area contributed by atoms with E-state index in [1.54, 1.807) is 0 Å². The molecular formula is C14H27NO. The minimum Gasteiger partial charge on any atom is -0.317 e. The fraction of sp³-hybridized carbons (Fsp3) is 0.929. The zero-order valence-electron chi connectivity index (χ0n) is 11.4. The van der Waals surface area contributed by atoms with Gasteiger partial charge in [-0.3, -0.25) is 4.79 Å². The lowest BCUT2D eigenvalue weighted by atomic mass is 9.71. The molecule has 2 heteroatoms. The summed E-state index contributed by atoms with van der Waals surface area (Å²) in [5.74, 6) is 0.506. The van der Waals surface area contributed by atoms with E-state index in [1.165, 1.54) is 0 Å². The second-order valence-electron chi connectivity index (χ2n) is 6.37. The van der Waals surface area contributed by atoms with E-state index >= 15 is 0 Å².